The average molecular weight is 316 g/mol. The van der Waals surface area contributed by atoms with Gasteiger partial charge in [0.1, 0.15) is 5.82 Å². The summed E-state index contributed by atoms with van der Waals surface area (Å²) < 4.78 is 0. The van der Waals surface area contributed by atoms with Gasteiger partial charge in [-0.2, -0.15) is 0 Å². The van der Waals surface area contributed by atoms with Crippen LogP contribution in [0.25, 0.3) is 0 Å². The van der Waals surface area contributed by atoms with Crippen molar-refractivity contribution in [3.05, 3.63) is 18.3 Å². The van der Waals surface area contributed by atoms with Gasteiger partial charge in [0.05, 0.1) is 11.9 Å². The van der Waals surface area contributed by atoms with Gasteiger partial charge in [-0.3, -0.25) is 4.79 Å². The molecule has 0 atom stereocenters. The SMILES string of the molecule is O=C(CCC1CCNCC1)Nc1ccc(N2CCCCC2)nc1. The van der Waals surface area contributed by atoms with Crippen LogP contribution in [0.4, 0.5) is 11.5 Å². The topological polar surface area (TPSA) is 57.3 Å². The highest BCUT2D eigenvalue weighted by Gasteiger charge is 2.15. The number of aromatic nitrogens is 1. The molecule has 3 heterocycles. The van der Waals surface area contributed by atoms with Crippen molar-refractivity contribution in [1.82, 2.24) is 10.3 Å². The second-order valence-corrected chi connectivity index (χ2v) is 6.73. The fraction of sp³-hybridized carbons (Fsp3) is 0.667. The van der Waals surface area contributed by atoms with E-state index in [9.17, 15) is 4.79 Å². The summed E-state index contributed by atoms with van der Waals surface area (Å²) in [7, 11) is 0. The zero-order valence-electron chi connectivity index (χ0n) is 13.9. The summed E-state index contributed by atoms with van der Waals surface area (Å²) in [6.45, 7) is 4.37. The number of amides is 1. The summed E-state index contributed by atoms with van der Waals surface area (Å²) >= 11 is 0. The number of carbonyl (C=O) groups is 1. The molecule has 5 heteroatoms. The van der Waals surface area contributed by atoms with Gasteiger partial charge in [0, 0.05) is 19.5 Å². The predicted molar refractivity (Wildman–Crippen MR) is 93.8 cm³/mol. The second-order valence-electron chi connectivity index (χ2n) is 6.73. The van der Waals surface area contributed by atoms with E-state index in [4.69, 9.17) is 0 Å². The fourth-order valence-corrected chi connectivity index (χ4v) is 3.50. The molecule has 5 nitrogen and oxygen atoms in total. The number of hydrogen-bond acceptors (Lipinski definition) is 4. The molecule has 1 amide bonds. The fourth-order valence-electron chi connectivity index (χ4n) is 3.50. The summed E-state index contributed by atoms with van der Waals surface area (Å²) in [5.74, 6) is 1.83. The van der Waals surface area contributed by atoms with Crippen molar-refractivity contribution in [3.63, 3.8) is 0 Å². The lowest BCUT2D eigenvalue weighted by molar-refractivity contribution is -0.116. The third kappa shape index (κ3) is 4.93. The van der Waals surface area contributed by atoms with Gasteiger partial charge in [0.15, 0.2) is 0 Å². The van der Waals surface area contributed by atoms with Crippen LogP contribution < -0.4 is 15.5 Å². The summed E-state index contributed by atoms with van der Waals surface area (Å²) in [5, 5.41) is 6.34. The molecule has 0 unspecified atom stereocenters. The van der Waals surface area contributed by atoms with Crippen LogP contribution in [0.15, 0.2) is 18.3 Å². The lowest BCUT2D eigenvalue weighted by atomic mass is 9.93. The van der Waals surface area contributed by atoms with Gasteiger partial charge in [0.25, 0.3) is 0 Å². The normalized spacial score (nSPS) is 19.6. The van der Waals surface area contributed by atoms with Crippen molar-refractivity contribution in [2.45, 2.75) is 44.9 Å². The number of nitrogens with one attached hydrogen (secondary N) is 2. The first-order chi connectivity index (χ1) is 11.3. The van der Waals surface area contributed by atoms with Gasteiger partial charge in [-0.15, -0.1) is 0 Å². The maximum atomic E-state index is 12.1. The Hall–Kier alpha value is -1.62. The van der Waals surface area contributed by atoms with E-state index in [0.717, 1.165) is 44.1 Å². The smallest absolute Gasteiger partial charge is 0.224 e. The van der Waals surface area contributed by atoms with Crippen molar-refractivity contribution in [2.75, 3.05) is 36.4 Å². The van der Waals surface area contributed by atoms with Crippen LogP contribution in [0.3, 0.4) is 0 Å². The molecule has 0 aromatic carbocycles. The largest absolute Gasteiger partial charge is 0.357 e. The minimum atomic E-state index is 0.107. The van der Waals surface area contributed by atoms with Gasteiger partial charge in [0.2, 0.25) is 5.91 Å². The molecule has 0 bridgehead atoms. The van der Waals surface area contributed by atoms with Crippen LogP contribution in [0, 0.1) is 5.92 Å². The zero-order valence-corrected chi connectivity index (χ0v) is 13.9. The van der Waals surface area contributed by atoms with Crippen molar-refractivity contribution < 1.29 is 4.79 Å². The van der Waals surface area contributed by atoms with Crippen molar-refractivity contribution in [1.29, 1.82) is 0 Å². The van der Waals surface area contributed by atoms with E-state index in [0.29, 0.717) is 12.3 Å². The van der Waals surface area contributed by atoms with Crippen LogP contribution in [0.1, 0.15) is 44.9 Å². The molecule has 0 spiro atoms. The average Bonchev–Trinajstić information content (AvgIpc) is 2.62. The number of pyridine rings is 1. The van der Waals surface area contributed by atoms with E-state index in [1.807, 2.05) is 12.1 Å². The van der Waals surface area contributed by atoms with Crippen molar-refractivity contribution >= 4 is 17.4 Å². The number of carbonyl (C=O) groups excluding carboxylic acids is 1. The van der Waals surface area contributed by atoms with Gasteiger partial charge in [-0.1, -0.05) is 0 Å². The minimum Gasteiger partial charge on any atom is -0.357 e. The molecule has 0 radical (unpaired) electrons. The highest BCUT2D eigenvalue weighted by atomic mass is 16.1. The molecule has 0 saturated carbocycles. The van der Waals surface area contributed by atoms with Crippen molar-refractivity contribution in [3.8, 4) is 0 Å². The molecule has 2 N–H and O–H groups in total. The van der Waals surface area contributed by atoms with Crippen molar-refractivity contribution in [2.24, 2.45) is 5.92 Å². The molecule has 2 aliphatic rings. The monoisotopic (exact) mass is 316 g/mol. The van der Waals surface area contributed by atoms with Gasteiger partial charge in [-0.25, -0.2) is 4.98 Å². The van der Waals surface area contributed by atoms with Gasteiger partial charge >= 0.3 is 0 Å². The van der Waals surface area contributed by atoms with Crippen LogP contribution in [0.2, 0.25) is 0 Å². The maximum absolute atomic E-state index is 12.1. The third-order valence-electron chi connectivity index (χ3n) is 4.95. The van der Waals surface area contributed by atoms with Crippen LogP contribution in [0.5, 0.6) is 0 Å². The Morgan fingerprint density at radius 2 is 2.00 bits per heavy atom. The molecular weight excluding hydrogens is 288 g/mol. The van der Waals surface area contributed by atoms with E-state index in [-0.39, 0.29) is 5.91 Å². The molecule has 23 heavy (non-hydrogen) atoms. The first-order valence-corrected chi connectivity index (χ1v) is 9.03. The van der Waals surface area contributed by atoms with E-state index < -0.39 is 0 Å². The Labute approximate surface area is 138 Å². The molecular formula is C18H28N4O. The van der Waals surface area contributed by atoms with E-state index in [1.165, 1.54) is 32.1 Å². The molecule has 1 aromatic heterocycles. The highest BCUT2D eigenvalue weighted by molar-refractivity contribution is 5.90. The Balaban J connectivity index is 1.44. The van der Waals surface area contributed by atoms with E-state index in [2.05, 4.69) is 20.5 Å². The van der Waals surface area contributed by atoms with Crippen LogP contribution >= 0.6 is 0 Å². The summed E-state index contributed by atoms with van der Waals surface area (Å²) in [4.78, 5) is 18.9. The molecule has 2 aliphatic heterocycles. The lowest BCUT2D eigenvalue weighted by Gasteiger charge is -2.27. The summed E-state index contributed by atoms with van der Waals surface area (Å²) in [6, 6.07) is 3.99. The van der Waals surface area contributed by atoms with Gasteiger partial charge < -0.3 is 15.5 Å². The summed E-state index contributed by atoms with van der Waals surface area (Å²) in [5.41, 5.74) is 0.807. The first kappa shape index (κ1) is 16.2. The molecule has 3 rings (SSSR count). The molecule has 2 saturated heterocycles. The Bertz CT molecular complexity index is 490. The number of nitrogens with zero attached hydrogens (tertiary/aromatic N) is 2. The Morgan fingerprint density at radius 3 is 2.70 bits per heavy atom. The first-order valence-electron chi connectivity index (χ1n) is 9.03. The molecule has 0 aliphatic carbocycles. The predicted octanol–water partition coefficient (Wildman–Crippen LogP) is 2.79. The standard InChI is InChI=1S/C18H28N4O/c23-18(7-4-15-8-10-19-11-9-15)21-16-5-6-17(20-14-16)22-12-2-1-3-13-22/h5-6,14-15,19H,1-4,7-13H2,(H,21,23). The van der Waals surface area contributed by atoms with E-state index in [1.54, 1.807) is 6.20 Å². The second kappa shape index (κ2) is 8.29. The maximum Gasteiger partial charge on any atom is 0.224 e. The Morgan fingerprint density at radius 1 is 1.22 bits per heavy atom. The molecule has 2 fully saturated rings. The number of hydrogen-bond donors (Lipinski definition) is 2. The zero-order chi connectivity index (χ0) is 15.9. The Kier molecular flexibility index (Phi) is 5.86. The van der Waals surface area contributed by atoms with E-state index >= 15 is 0 Å². The number of piperidine rings is 2. The van der Waals surface area contributed by atoms with Crippen LogP contribution in [-0.4, -0.2) is 37.1 Å². The quantitative estimate of drug-likeness (QED) is 0.877. The van der Waals surface area contributed by atoms with Gasteiger partial charge in [-0.05, 0) is 69.7 Å². The number of anilines is 2. The molecule has 126 valence electrons. The molecule has 1 aromatic rings. The number of rotatable bonds is 5. The van der Waals surface area contributed by atoms with Crippen LogP contribution in [-0.2, 0) is 4.79 Å². The summed E-state index contributed by atoms with van der Waals surface area (Å²) in [6.07, 6.45) is 9.59. The highest BCUT2D eigenvalue weighted by Crippen LogP contribution is 2.20. The lowest BCUT2D eigenvalue weighted by Crippen LogP contribution is -2.30. The minimum absolute atomic E-state index is 0.107. The third-order valence-corrected chi connectivity index (χ3v) is 4.95.